The molecule has 2 nitrogen and oxygen atoms in total. The van der Waals surface area contributed by atoms with Gasteiger partial charge in [-0.15, -0.1) is 0 Å². The summed E-state index contributed by atoms with van der Waals surface area (Å²) in [6, 6.07) is 8.77. The summed E-state index contributed by atoms with van der Waals surface area (Å²) in [5.41, 5.74) is 8.85. The van der Waals surface area contributed by atoms with Crippen LogP contribution in [0.3, 0.4) is 0 Å². The minimum Gasteiger partial charge on any atom is -0.369 e. The average molecular weight is 250 g/mol. The van der Waals surface area contributed by atoms with Gasteiger partial charge in [0, 0.05) is 35.8 Å². The molecule has 1 saturated heterocycles. The van der Waals surface area contributed by atoms with Gasteiger partial charge in [0.1, 0.15) is 0 Å². The van der Waals surface area contributed by atoms with Crippen LogP contribution in [0.4, 0.5) is 5.69 Å². The van der Waals surface area contributed by atoms with Crippen LogP contribution in [0.1, 0.15) is 31.9 Å². The molecule has 0 radical (unpaired) electrons. The van der Waals surface area contributed by atoms with Gasteiger partial charge < -0.3 is 10.6 Å². The maximum atomic E-state index is 6.20. The van der Waals surface area contributed by atoms with Gasteiger partial charge in [0.15, 0.2) is 0 Å². The second kappa shape index (κ2) is 5.78. The normalized spacial score (nSPS) is 22.5. The number of benzene rings is 1. The van der Waals surface area contributed by atoms with Crippen molar-refractivity contribution in [3.63, 3.8) is 0 Å². The van der Waals surface area contributed by atoms with E-state index in [2.05, 4.69) is 54.8 Å². The van der Waals surface area contributed by atoms with Gasteiger partial charge in [-0.2, -0.15) is 11.8 Å². The third kappa shape index (κ3) is 2.96. The molecule has 1 aliphatic heterocycles. The van der Waals surface area contributed by atoms with Crippen molar-refractivity contribution in [1.29, 1.82) is 0 Å². The summed E-state index contributed by atoms with van der Waals surface area (Å²) in [7, 11) is 0. The zero-order chi connectivity index (χ0) is 12.3. The van der Waals surface area contributed by atoms with E-state index in [9.17, 15) is 0 Å². The van der Waals surface area contributed by atoms with E-state index in [0.717, 1.165) is 24.8 Å². The number of hydrogen-bond acceptors (Lipinski definition) is 3. The lowest BCUT2D eigenvalue weighted by Crippen LogP contribution is -2.37. The van der Waals surface area contributed by atoms with Gasteiger partial charge in [-0.05, 0) is 18.1 Å². The average Bonchev–Trinajstić information content (AvgIpc) is 2.38. The number of rotatable bonds is 3. The van der Waals surface area contributed by atoms with Crippen LogP contribution in [0.25, 0.3) is 0 Å². The number of anilines is 1. The summed E-state index contributed by atoms with van der Waals surface area (Å²) >= 11 is 2.06. The van der Waals surface area contributed by atoms with E-state index in [0.29, 0.717) is 0 Å². The largest absolute Gasteiger partial charge is 0.369 e. The van der Waals surface area contributed by atoms with Crippen molar-refractivity contribution in [3.05, 3.63) is 29.8 Å². The van der Waals surface area contributed by atoms with Crippen molar-refractivity contribution in [2.24, 2.45) is 5.73 Å². The molecule has 2 N–H and O–H groups in total. The Balaban J connectivity index is 2.24. The lowest BCUT2D eigenvalue weighted by Gasteiger charge is -2.34. The molecular formula is C14H22N2S. The molecule has 94 valence electrons. The van der Waals surface area contributed by atoms with Gasteiger partial charge >= 0.3 is 0 Å². The van der Waals surface area contributed by atoms with Crippen molar-refractivity contribution in [2.75, 3.05) is 23.7 Å². The Labute approximate surface area is 109 Å². The molecule has 1 heterocycles. The fraction of sp³-hybridized carbons (Fsp3) is 0.571. The number of thioether (sulfide) groups is 1. The molecule has 3 heteroatoms. The Hall–Kier alpha value is -0.670. The number of nitrogens with zero attached hydrogens (tertiary/aromatic N) is 1. The second-order valence-corrected chi connectivity index (χ2v) is 6.25. The van der Waals surface area contributed by atoms with Crippen molar-refractivity contribution < 1.29 is 0 Å². The molecule has 0 amide bonds. The topological polar surface area (TPSA) is 29.3 Å². The van der Waals surface area contributed by atoms with E-state index >= 15 is 0 Å². The van der Waals surface area contributed by atoms with Crippen molar-refractivity contribution in [3.8, 4) is 0 Å². The zero-order valence-corrected chi connectivity index (χ0v) is 11.5. The molecule has 1 aliphatic rings. The van der Waals surface area contributed by atoms with Crippen LogP contribution in [0.2, 0.25) is 0 Å². The summed E-state index contributed by atoms with van der Waals surface area (Å²) in [6.45, 7) is 6.73. The van der Waals surface area contributed by atoms with E-state index < -0.39 is 0 Å². The van der Waals surface area contributed by atoms with Gasteiger partial charge in [0.25, 0.3) is 0 Å². The van der Waals surface area contributed by atoms with Crippen LogP contribution >= 0.6 is 11.8 Å². The minimum absolute atomic E-state index is 0.163. The Morgan fingerprint density at radius 1 is 1.47 bits per heavy atom. The third-order valence-corrected chi connectivity index (χ3v) is 4.49. The van der Waals surface area contributed by atoms with Crippen LogP contribution in [0.5, 0.6) is 0 Å². The molecule has 0 aromatic heterocycles. The molecule has 17 heavy (non-hydrogen) atoms. The number of para-hydroxylation sites is 1. The van der Waals surface area contributed by atoms with E-state index in [4.69, 9.17) is 5.73 Å². The first-order chi connectivity index (χ1) is 8.22. The first-order valence-electron chi connectivity index (χ1n) is 6.43. The highest BCUT2D eigenvalue weighted by atomic mass is 32.2. The standard InChI is InChI=1S/C14H22N2S/c1-3-13(15)12-6-4-5-7-14(12)16-8-9-17-11(2)10-16/h4-7,11,13H,3,8-10,15H2,1-2H3/t11?,13-/m1/s1. The number of hydrogen-bond donors (Lipinski definition) is 1. The van der Waals surface area contributed by atoms with Crippen molar-refractivity contribution >= 4 is 17.4 Å². The van der Waals surface area contributed by atoms with Gasteiger partial charge in [-0.3, -0.25) is 0 Å². The minimum atomic E-state index is 0.163. The molecular weight excluding hydrogens is 228 g/mol. The smallest absolute Gasteiger partial charge is 0.0415 e. The predicted octanol–water partition coefficient (Wildman–Crippen LogP) is 3.04. The van der Waals surface area contributed by atoms with Gasteiger partial charge in [-0.1, -0.05) is 32.0 Å². The molecule has 0 spiro atoms. The van der Waals surface area contributed by atoms with E-state index in [1.807, 2.05) is 0 Å². The Bertz CT molecular complexity index is 367. The molecule has 0 aliphatic carbocycles. The second-order valence-electron chi connectivity index (χ2n) is 4.70. The van der Waals surface area contributed by atoms with E-state index in [1.165, 1.54) is 17.0 Å². The monoisotopic (exact) mass is 250 g/mol. The zero-order valence-electron chi connectivity index (χ0n) is 10.7. The van der Waals surface area contributed by atoms with E-state index in [-0.39, 0.29) is 6.04 Å². The van der Waals surface area contributed by atoms with Gasteiger partial charge in [-0.25, -0.2) is 0 Å². The van der Waals surface area contributed by atoms with Crippen LogP contribution < -0.4 is 10.6 Å². The molecule has 0 bridgehead atoms. The van der Waals surface area contributed by atoms with Gasteiger partial charge in [0.2, 0.25) is 0 Å². The fourth-order valence-electron chi connectivity index (χ4n) is 2.35. The number of nitrogens with two attached hydrogens (primary N) is 1. The van der Waals surface area contributed by atoms with Crippen LogP contribution in [0.15, 0.2) is 24.3 Å². The van der Waals surface area contributed by atoms with Gasteiger partial charge in [0.05, 0.1) is 0 Å². The van der Waals surface area contributed by atoms with Crippen molar-refractivity contribution in [2.45, 2.75) is 31.6 Å². The molecule has 2 atom stereocenters. The van der Waals surface area contributed by atoms with Crippen LogP contribution in [0, 0.1) is 0 Å². The molecule has 1 aromatic rings. The highest BCUT2D eigenvalue weighted by molar-refractivity contribution is 8.00. The first kappa shape index (κ1) is 12.8. The third-order valence-electron chi connectivity index (χ3n) is 3.36. The predicted molar refractivity (Wildman–Crippen MR) is 77.8 cm³/mol. The van der Waals surface area contributed by atoms with Crippen LogP contribution in [-0.4, -0.2) is 24.1 Å². The molecule has 1 unspecified atom stereocenters. The van der Waals surface area contributed by atoms with Crippen LogP contribution in [-0.2, 0) is 0 Å². The molecule has 1 aromatic carbocycles. The first-order valence-corrected chi connectivity index (χ1v) is 7.48. The Morgan fingerprint density at radius 3 is 2.94 bits per heavy atom. The lowest BCUT2D eigenvalue weighted by molar-refractivity contribution is 0.687. The quantitative estimate of drug-likeness (QED) is 0.894. The molecule has 2 rings (SSSR count). The summed E-state index contributed by atoms with van der Waals surface area (Å²) in [4.78, 5) is 2.49. The summed E-state index contributed by atoms with van der Waals surface area (Å²) in [5, 5.41) is 0.717. The molecule has 1 fully saturated rings. The summed E-state index contributed by atoms with van der Waals surface area (Å²) < 4.78 is 0. The summed E-state index contributed by atoms with van der Waals surface area (Å²) in [5.74, 6) is 1.22. The highest BCUT2D eigenvalue weighted by Crippen LogP contribution is 2.30. The Morgan fingerprint density at radius 2 is 2.24 bits per heavy atom. The fourth-order valence-corrected chi connectivity index (χ4v) is 3.36. The SMILES string of the molecule is CC[C@@H](N)c1ccccc1N1CCSC(C)C1. The van der Waals surface area contributed by atoms with E-state index in [1.54, 1.807) is 0 Å². The Kier molecular flexibility index (Phi) is 4.35. The maximum absolute atomic E-state index is 6.20. The lowest BCUT2D eigenvalue weighted by atomic mass is 10.0. The maximum Gasteiger partial charge on any atom is 0.0415 e. The molecule has 0 saturated carbocycles. The summed E-state index contributed by atoms with van der Waals surface area (Å²) in [6.07, 6.45) is 0.995. The van der Waals surface area contributed by atoms with Crippen molar-refractivity contribution in [1.82, 2.24) is 0 Å². The highest BCUT2D eigenvalue weighted by Gasteiger charge is 2.20.